The van der Waals surface area contributed by atoms with E-state index in [-0.39, 0.29) is 0 Å². The molecule has 3 fully saturated rings. The summed E-state index contributed by atoms with van der Waals surface area (Å²) in [6.45, 7) is 1.72. The van der Waals surface area contributed by atoms with Crippen LogP contribution in [-0.2, 0) is 4.74 Å². The topological polar surface area (TPSA) is 53.1 Å². The standard InChI is InChI=1S/C14H21N3O/c15-13-12(9-5-7-18-8-6-9)16-14(10-1-2-10)17(13)11-3-4-11/h9-11H,1-8,15H2. The first-order valence-electron chi connectivity index (χ1n) is 7.30. The summed E-state index contributed by atoms with van der Waals surface area (Å²) in [6, 6.07) is 0.654. The molecular formula is C14H21N3O. The molecule has 0 amide bonds. The first-order chi connectivity index (χ1) is 8.84. The molecule has 2 aliphatic carbocycles. The summed E-state index contributed by atoms with van der Waals surface area (Å²) < 4.78 is 7.81. The number of anilines is 1. The number of hydrogen-bond acceptors (Lipinski definition) is 3. The molecule has 0 radical (unpaired) electrons. The van der Waals surface area contributed by atoms with Crippen molar-refractivity contribution >= 4 is 5.82 Å². The molecule has 0 bridgehead atoms. The van der Waals surface area contributed by atoms with E-state index in [9.17, 15) is 0 Å². The SMILES string of the molecule is Nc1c(C2CCOCC2)nc(C2CC2)n1C1CC1. The van der Waals surface area contributed by atoms with E-state index in [0.29, 0.717) is 17.9 Å². The van der Waals surface area contributed by atoms with Crippen molar-refractivity contribution in [1.29, 1.82) is 0 Å². The molecule has 4 heteroatoms. The van der Waals surface area contributed by atoms with Gasteiger partial charge >= 0.3 is 0 Å². The van der Waals surface area contributed by atoms with Crippen LogP contribution >= 0.6 is 0 Å². The fraction of sp³-hybridized carbons (Fsp3) is 0.786. The van der Waals surface area contributed by atoms with Crippen molar-refractivity contribution in [2.45, 2.75) is 56.4 Å². The van der Waals surface area contributed by atoms with Gasteiger partial charge in [0, 0.05) is 31.1 Å². The molecule has 4 nitrogen and oxygen atoms in total. The number of aromatic nitrogens is 2. The molecule has 0 atom stereocenters. The molecule has 18 heavy (non-hydrogen) atoms. The van der Waals surface area contributed by atoms with Gasteiger partial charge in [0.2, 0.25) is 0 Å². The Morgan fingerprint density at radius 1 is 1.00 bits per heavy atom. The fourth-order valence-corrected chi connectivity index (χ4v) is 3.10. The Labute approximate surface area is 108 Å². The third-order valence-electron chi connectivity index (χ3n) is 4.47. The second-order valence-corrected chi connectivity index (χ2v) is 6.00. The van der Waals surface area contributed by atoms with Crippen molar-refractivity contribution in [3.8, 4) is 0 Å². The number of imidazole rings is 1. The molecule has 1 aliphatic heterocycles. The molecule has 2 N–H and O–H groups in total. The predicted octanol–water partition coefficient (Wildman–Crippen LogP) is 2.57. The molecule has 2 heterocycles. The predicted molar refractivity (Wildman–Crippen MR) is 69.7 cm³/mol. The number of nitrogen functional groups attached to an aromatic ring is 1. The molecule has 1 saturated heterocycles. The Bertz CT molecular complexity index is 454. The van der Waals surface area contributed by atoms with E-state index < -0.39 is 0 Å². The van der Waals surface area contributed by atoms with E-state index in [0.717, 1.165) is 31.9 Å². The average Bonchev–Trinajstić information content (AvgIpc) is 3.29. The van der Waals surface area contributed by atoms with Gasteiger partial charge in [-0.05, 0) is 38.5 Å². The first-order valence-corrected chi connectivity index (χ1v) is 7.30. The van der Waals surface area contributed by atoms with Crippen LogP contribution in [0.25, 0.3) is 0 Å². The van der Waals surface area contributed by atoms with Crippen LogP contribution in [0.3, 0.4) is 0 Å². The van der Waals surface area contributed by atoms with E-state index in [1.807, 2.05) is 0 Å². The van der Waals surface area contributed by atoms with Crippen LogP contribution in [-0.4, -0.2) is 22.8 Å². The van der Waals surface area contributed by atoms with Gasteiger partial charge in [0.1, 0.15) is 11.6 Å². The van der Waals surface area contributed by atoms with Crippen molar-refractivity contribution < 1.29 is 4.74 Å². The van der Waals surface area contributed by atoms with Crippen LogP contribution in [0.1, 0.15) is 67.9 Å². The molecule has 98 valence electrons. The molecular weight excluding hydrogens is 226 g/mol. The van der Waals surface area contributed by atoms with Crippen molar-refractivity contribution in [2.24, 2.45) is 0 Å². The third kappa shape index (κ3) is 1.74. The van der Waals surface area contributed by atoms with Crippen molar-refractivity contribution in [3.05, 3.63) is 11.5 Å². The monoisotopic (exact) mass is 247 g/mol. The van der Waals surface area contributed by atoms with E-state index >= 15 is 0 Å². The van der Waals surface area contributed by atoms with Crippen molar-refractivity contribution in [3.63, 3.8) is 0 Å². The minimum Gasteiger partial charge on any atom is -0.384 e. The first kappa shape index (κ1) is 10.9. The Hall–Kier alpha value is -1.03. The summed E-state index contributed by atoms with van der Waals surface area (Å²) in [5, 5.41) is 0. The Morgan fingerprint density at radius 2 is 1.72 bits per heavy atom. The van der Waals surface area contributed by atoms with Gasteiger partial charge < -0.3 is 15.0 Å². The summed E-state index contributed by atoms with van der Waals surface area (Å²) >= 11 is 0. The highest BCUT2D eigenvalue weighted by molar-refractivity contribution is 5.43. The average molecular weight is 247 g/mol. The summed E-state index contributed by atoms with van der Waals surface area (Å²) in [6.07, 6.45) is 7.33. The third-order valence-corrected chi connectivity index (χ3v) is 4.47. The van der Waals surface area contributed by atoms with Gasteiger partial charge in [-0.25, -0.2) is 4.98 Å². The maximum atomic E-state index is 6.40. The van der Waals surface area contributed by atoms with Gasteiger partial charge in [-0.2, -0.15) is 0 Å². The van der Waals surface area contributed by atoms with Gasteiger partial charge in [-0.1, -0.05) is 0 Å². The van der Waals surface area contributed by atoms with Crippen molar-refractivity contribution in [1.82, 2.24) is 9.55 Å². The number of rotatable bonds is 3. The highest BCUT2D eigenvalue weighted by atomic mass is 16.5. The summed E-state index contributed by atoms with van der Waals surface area (Å²) in [7, 11) is 0. The van der Waals surface area contributed by atoms with Gasteiger partial charge in [-0.15, -0.1) is 0 Å². The lowest BCUT2D eigenvalue weighted by Gasteiger charge is -2.20. The zero-order valence-electron chi connectivity index (χ0n) is 10.8. The molecule has 0 unspecified atom stereocenters. The number of ether oxygens (including phenoxy) is 1. The molecule has 4 rings (SSSR count). The lowest BCUT2D eigenvalue weighted by molar-refractivity contribution is 0.0847. The van der Waals surface area contributed by atoms with E-state index in [2.05, 4.69) is 4.57 Å². The lowest BCUT2D eigenvalue weighted by atomic mass is 9.96. The van der Waals surface area contributed by atoms with E-state index in [1.54, 1.807) is 0 Å². The maximum Gasteiger partial charge on any atom is 0.127 e. The Kier molecular flexibility index (Phi) is 2.40. The number of hydrogen-bond donors (Lipinski definition) is 1. The smallest absolute Gasteiger partial charge is 0.127 e. The van der Waals surface area contributed by atoms with Crippen LogP contribution in [0.4, 0.5) is 5.82 Å². The molecule has 3 aliphatic rings. The van der Waals surface area contributed by atoms with E-state index in [4.69, 9.17) is 15.5 Å². The minimum absolute atomic E-state index is 0.524. The van der Waals surface area contributed by atoms with E-state index in [1.165, 1.54) is 37.2 Å². The largest absolute Gasteiger partial charge is 0.384 e. The van der Waals surface area contributed by atoms with Gasteiger partial charge in [0.25, 0.3) is 0 Å². The second kappa shape index (κ2) is 3.98. The second-order valence-electron chi connectivity index (χ2n) is 6.00. The summed E-state index contributed by atoms with van der Waals surface area (Å²) in [5.41, 5.74) is 7.57. The van der Waals surface area contributed by atoms with Gasteiger partial charge in [-0.3, -0.25) is 0 Å². The van der Waals surface area contributed by atoms with Gasteiger partial charge in [0.05, 0.1) is 5.69 Å². The minimum atomic E-state index is 0.524. The number of nitrogens with two attached hydrogens (primary N) is 1. The number of nitrogens with zero attached hydrogens (tertiary/aromatic N) is 2. The zero-order valence-corrected chi connectivity index (χ0v) is 10.8. The zero-order chi connectivity index (χ0) is 12.1. The Balaban J connectivity index is 1.71. The maximum absolute atomic E-state index is 6.40. The molecule has 2 saturated carbocycles. The highest BCUT2D eigenvalue weighted by Crippen LogP contribution is 2.48. The quantitative estimate of drug-likeness (QED) is 0.893. The molecule has 1 aromatic rings. The van der Waals surface area contributed by atoms with Crippen LogP contribution in [0, 0.1) is 0 Å². The molecule has 1 aromatic heterocycles. The molecule has 0 aromatic carbocycles. The van der Waals surface area contributed by atoms with Gasteiger partial charge in [0.15, 0.2) is 0 Å². The van der Waals surface area contributed by atoms with Crippen LogP contribution in [0.15, 0.2) is 0 Å². The van der Waals surface area contributed by atoms with Crippen LogP contribution < -0.4 is 5.73 Å². The Morgan fingerprint density at radius 3 is 2.33 bits per heavy atom. The highest BCUT2D eigenvalue weighted by Gasteiger charge is 2.37. The van der Waals surface area contributed by atoms with Crippen LogP contribution in [0.2, 0.25) is 0 Å². The molecule has 0 spiro atoms. The summed E-state index contributed by atoms with van der Waals surface area (Å²) in [5.74, 6) is 3.47. The fourth-order valence-electron chi connectivity index (χ4n) is 3.10. The van der Waals surface area contributed by atoms with Crippen LogP contribution in [0.5, 0.6) is 0 Å². The van der Waals surface area contributed by atoms with Crippen molar-refractivity contribution in [2.75, 3.05) is 18.9 Å². The normalized spacial score (nSPS) is 25.6. The summed E-state index contributed by atoms with van der Waals surface area (Å²) in [4.78, 5) is 4.94. The lowest BCUT2D eigenvalue weighted by Crippen LogP contribution is -2.15.